The first-order valence-electron chi connectivity index (χ1n) is 6.54. The zero-order valence-corrected chi connectivity index (χ0v) is 13.5. The standard InChI is InChI=1S/C13H19ClN2O4S/c1-9(2)6-10(7-12(17)18)8-16-21(19,20)11-4-3-5-15-13(11)14/h3-5,9-10,16H,6-8H2,1-2H3,(H,17,18)/t10-/m0/s1. The van der Waals surface area contributed by atoms with Crippen molar-refractivity contribution in [3.63, 3.8) is 0 Å². The summed E-state index contributed by atoms with van der Waals surface area (Å²) >= 11 is 5.77. The van der Waals surface area contributed by atoms with Crippen LogP contribution in [0.2, 0.25) is 5.15 Å². The van der Waals surface area contributed by atoms with Gasteiger partial charge < -0.3 is 5.11 Å². The number of sulfonamides is 1. The molecule has 0 amide bonds. The van der Waals surface area contributed by atoms with Crippen LogP contribution in [0.3, 0.4) is 0 Å². The lowest BCUT2D eigenvalue weighted by molar-refractivity contribution is -0.138. The number of hydrogen-bond donors (Lipinski definition) is 2. The highest BCUT2D eigenvalue weighted by molar-refractivity contribution is 7.89. The molecule has 0 spiro atoms. The van der Waals surface area contributed by atoms with Gasteiger partial charge in [-0.3, -0.25) is 4.79 Å². The van der Waals surface area contributed by atoms with Crippen LogP contribution >= 0.6 is 11.6 Å². The molecule has 1 atom stereocenters. The molecule has 0 saturated carbocycles. The van der Waals surface area contributed by atoms with Gasteiger partial charge in [-0.2, -0.15) is 0 Å². The fourth-order valence-corrected chi connectivity index (χ4v) is 3.60. The first-order chi connectivity index (χ1) is 9.72. The molecule has 0 aliphatic carbocycles. The molecule has 1 rings (SSSR count). The third-order valence-electron chi connectivity index (χ3n) is 2.84. The van der Waals surface area contributed by atoms with Crippen LogP contribution in [0.1, 0.15) is 26.7 Å². The maximum atomic E-state index is 12.1. The fraction of sp³-hybridized carbons (Fsp3) is 0.538. The van der Waals surface area contributed by atoms with Gasteiger partial charge in [-0.1, -0.05) is 25.4 Å². The Labute approximate surface area is 129 Å². The zero-order valence-electron chi connectivity index (χ0n) is 11.9. The average Bonchev–Trinajstić information content (AvgIpc) is 2.35. The molecule has 8 heteroatoms. The third-order valence-corrected chi connectivity index (χ3v) is 4.71. The molecule has 1 heterocycles. The van der Waals surface area contributed by atoms with Crippen molar-refractivity contribution in [2.75, 3.05) is 6.54 Å². The molecule has 0 fully saturated rings. The van der Waals surface area contributed by atoms with Gasteiger partial charge in [0.2, 0.25) is 10.0 Å². The van der Waals surface area contributed by atoms with Crippen LogP contribution < -0.4 is 4.72 Å². The van der Waals surface area contributed by atoms with Gasteiger partial charge in [0.1, 0.15) is 10.0 Å². The number of aromatic nitrogens is 1. The first-order valence-corrected chi connectivity index (χ1v) is 8.40. The van der Waals surface area contributed by atoms with Gasteiger partial charge in [0, 0.05) is 19.2 Å². The van der Waals surface area contributed by atoms with Crippen LogP contribution in [0.5, 0.6) is 0 Å². The van der Waals surface area contributed by atoms with Crippen molar-refractivity contribution >= 4 is 27.6 Å². The van der Waals surface area contributed by atoms with E-state index in [4.69, 9.17) is 16.7 Å². The molecule has 2 N–H and O–H groups in total. The molecular weight excluding hydrogens is 316 g/mol. The van der Waals surface area contributed by atoms with Crippen LogP contribution in [0.25, 0.3) is 0 Å². The number of aliphatic carboxylic acids is 1. The van der Waals surface area contributed by atoms with Gasteiger partial charge in [0.25, 0.3) is 0 Å². The highest BCUT2D eigenvalue weighted by atomic mass is 35.5. The molecule has 0 saturated heterocycles. The second kappa shape index (κ2) is 7.72. The molecule has 0 radical (unpaired) electrons. The average molecular weight is 335 g/mol. The van der Waals surface area contributed by atoms with Gasteiger partial charge in [-0.25, -0.2) is 18.1 Å². The number of nitrogens with one attached hydrogen (secondary N) is 1. The molecule has 118 valence electrons. The second-order valence-corrected chi connectivity index (χ2v) is 7.33. The van der Waals surface area contributed by atoms with Crippen molar-refractivity contribution in [1.29, 1.82) is 0 Å². The number of carboxylic acid groups (broad SMARTS) is 1. The summed E-state index contributed by atoms with van der Waals surface area (Å²) in [6.07, 6.45) is 1.93. The van der Waals surface area contributed by atoms with E-state index in [0.29, 0.717) is 6.42 Å². The Hall–Kier alpha value is -1.18. The summed E-state index contributed by atoms with van der Waals surface area (Å²) in [5.74, 6) is -0.937. The summed E-state index contributed by atoms with van der Waals surface area (Å²) in [7, 11) is -3.79. The number of carboxylic acids is 1. The molecule has 21 heavy (non-hydrogen) atoms. The van der Waals surface area contributed by atoms with Gasteiger partial charge >= 0.3 is 5.97 Å². The molecule has 1 aromatic heterocycles. The first kappa shape index (κ1) is 17.9. The summed E-state index contributed by atoms with van der Waals surface area (Å²) in [4.78, 5) is 14.4. The minimum atomic E-state index is -3.79. The predicted octanol–water partition coefficient (Wildman–Crippen LogP) is 2.15. The SMILES string of the molecule is CC(C)C[C@H](CNS(=O)(=O)c1cccnc1Cl)CC(=O)O. The van der Waals surface area contributed by atoms with Crippen molar-refractivity contribution in [3.8, 4) is 0 Å². The Morgan fingerprint density at radius 3 is 2.67 bits per heavy atom. The quantitative estimate of drug-likeness (QED) is 0.710. The molecular formula is C13H19ClN2O4S. The van der Waals surface area contributed by atoms with Crippen LogP contribution in [-0.4, -0.2) is 31.0 Å². The summed E-state index contributed by atoms with van der Waals surface area (Å²) in [6.45, 7) is 3.97. The highest BCUT2D eigenvalue weighted by Gasteiger charge is 2.22. The van der Waals surface area contributed by atoms with Crippen LogP contribution in [-0.2, 0) is 14.8 Å². The van der Waals surface area contributed by atoms with E-state index < -0.39 is 16.0 Å². The van der Waals surface area contributed by atoms with E-state index in [1.165, 1.54) is 18.3 Å². The Morgan fingerprint density at radius 1 is 1.48 bits per heavy atom. The molecule has 0 bridgehead atoms. The summed E-state index contributed by atoms with van der Waals surface area (Å²) < 4.78 is 26.7. The van der Waals surface area contributed by atoms with E-state index in [0.717, 1.165) is 0 Å². The molecule has 0 aromatic carbocycles. The van der Waals surface area contributed by atoms with E-state index in [2.05, 4.69) is 9.71 Å². The Morgan fingerprint density at radius 2 is 2.14 bits per heavy atom. The van der Waals surface area contributed by atoms with Crippen LogP contribution in [0.15, 0.2) is 23.2 Å². The van der Waals surface area contributed by atoms with Gasteiger partial charge in [-0.05, 0) is 30.4 Å². The van der Waals surface area contributed by atoms with Gasteiger partial charge in [0.15, 0.2) is 0 Å². The number of nitrogens with zero attached hydrogens (tertiary/aromatic N) is 1. The monoisotopic (exact) mass is 334 g/mol. The predicted molar refractivity (Wildman–Crippen MR) is 79.6 cm³/mol. The lowest BCUT2D eigenvalue weighted by Crippen LogP contribution is -2.31. The maximum Gasteiger partial charge on any atom is 0.303 e. The number of halogens is 1. The Kier molecular flexibility index (Phi) is 6.57. The minimum Gasteiger partial charge on any atom is -0.481 e. The topological polar surface area (TPSA) is 96.4 Å². The van der Waals surface area contributed by atoms with Crippen molar-refractivity contribution in [2.24, 2.45) is 11.8 Å². The van der Waals surface area contributed by atoms with Crippen molar-refractivity contribution in [2.45, 2.75) is 31.6 Å². The van der Waals surface area contributed by atoms with E-state index in [-0.39, 0.29) is 34.8 Å². The molecule has 1 aromatic rings. The number of pyridine rings is 1. The van der Waals surface area contributed by atoms with E-state index >= 15 is 0 Å². The van der Waals surface area contributed by atoms with Gasteiger partial charge in [0.05, 0.1) is 0 Å². The maximum absolute atomic E-state index is 12.1. The molecule has 6 nitrogen and oxygen atoms in total. The van der Waals surface area contributed by atoms with Gasteiger partial charge in [-0.15, -0.1) is 0 Å². The lowest BCUT2D eigenvalue weighted by Gasteiger charge is -2.18. The minimum absolute atomic E-state index is 0.0536. The number of hydrogen-bond acceptors (Lipinski definition) is 4. The summed E-state index contributed by atoms with van der Waals surface area (Å²) in [5, 5.41) is 8.77. The smallest absolute Gasteiger partial charge is 0.303 e. The Balaban J connectivity index is 2.78. The van der Waals surface area contributed by atoms with E-state index in [9.17, 15) is 13.2 Å². The molecule has 0 aliphatic heterocycles. The van der Waals surface area contributed by atoms with Crippen LogP contribution in [0, 0.1) is 11.8 Å². The highest BCUT2D eigenvalue weighted by Crippen LogP contribution is 2.19. The third kappa shape index (κ3) is 5.99. The summed E-state index contributed by atoms with van der Waals surface area (Å²) in [6, 6.07) is 2.83. The second-order valence-electron chi connectivity index (χ2n) is 5.24. The lowest BCUT2D eigenvalue weighted by atomic mass is 9.94. The van der Waals surface area contributed by atoms with Crippen molar-refractivity contribution in [1.82, 2.24) is 9.71 Å². The van der Waals surface area contributed by atoms with E-state index in [1.807, 2.05) is 13.8 Å². The fourth-order valence-electron chi connectivity index (χ4n) is 2.03. The van der Waals surface area contributed by atoms with Crippen molar-refractivity contribution < 1.29 is 18.3 Å². The molecule has 0 aliphatic rings. The zero-order chi connectivity index (χ0) is 16.0. The number of carbonyl (C=O) groups is 1. The van der Waals surface area contributed by atoms with Crippen molar-refractivity contribution in [3.05, 3.63) is 23.5 Å². The summed E-state index contributed by atoms with van der Waals surface area (Å²) in [5.41, 5.74) is 0. The number of rotatable bonds is 8. The van der Waals surface area contributed by atoms with E-state index in [1.54, 1.807) is 0 Å². The molecule has 0 unspecified atom stereocenters. The van der Waals surface area contributed by atoms with Crippen LogP contribution in [0.4, 0.5) is 0 Å². The normalized spacial score (nSPS) is 13.3. The Bertz CT molecular complexity index is 590. The largest absolute Gasteiger partial charge is 0.481 e.